The van der Waals surface area contributed by atoms with Crippen LogP contribution in [0, 0.1) is 30.6 Å². The second-order valence-corrected chi connectivity index (χ2v) is 8.69. The molecule has 4 unspecified atom stereocenters. The van der Waals surface area contributed by atoms with E-state index in [0.717, 1.165) is 29.7 Å². The summed E-state index contributed by atoms with van der Waals surface area (Å²) in [6.45, 7) is 2.34. The average molecular weight is 415 g/mol. The van der Waals surface area contributed by atoms with Gasteiger partial charge in [0.1, 0.15) is 0 Å². The van der Waals surface area contributed by atoms with Crippen molar-refractivity contribution in [1.82, 2.24) is 5.32 Å². The Hall–Kier alpha value is -3.41. The molecular formula is C25H25N3O3. The smallest absolute Gasteiger partial charge is 0.319 e. The van der Waals surface area contributed by atoms with Crippen molar-refractivity contribution in [2.24, 2.45) is 23.7 Å². The largest absolute Gasteiger partial charge is 0.334 e. The predicted octanol–water partition coefficient (Wildman–Crippen LogP) is 4.02. The van der Waals surface area contributed by atoms with Gasteiger partial charge in [-0.2, -0.15) is 0 Å². The first-order valence-corrected chi connectivity index (χ1v) is 10.8. The minimum absolute atomic E-state index is 0.0719. The van der Waals surface area contributed by atoms with Crippen molar-refractivity contribution in [3.63, 3.8) is 0 Å². The summed E-state index contributed by atoms with van der Waals surface area (Å²) in [5.41, 5.74) is 3.36. The number of carbonyl (C=O) groups excluding carboxylic acids is 3. The Balaban J connectivity index is 1.22. The van der Waals surface area contributed by atoms with E-state index in [1.807, 2.05) is 43.3 Å². The molecule has 6 rings (SSSR count). The Morgan fingerprint density at radius 2 is 1.48 bits per heavy atom. The highest BCUT2D eigenvalue weighted by atomic mass is 16.2. The van der Waals surface area contributed by atoms with Gasteiger partial charge in [0.2, 0.25) is 11.8 Å². The van der Waals surface area contributed by atoms with E-state index in [1.54, 1.807) is 12.1 Å². The monoisotopic (exact) mass is 415 g/mol. The summed E-state index contributed by atoms with van der Waals surface area (Å²) in [6.07, 6.45) is 6.23. The molecule has 31 heavy (non-hydrogen) atoms. The SMILES string of the molecule is Cc1ccc(NC(=O)NCc2ccc(N3C(=O)C4C5C=CC(CC5)C4C3=O)cc2)cc1. The molecule has 4 aliphatic rings. The van der Waals surface area contributed by atoms with Crippen LogP contribution in [0.1, 0.15) is 24.0 Å². The lowest BCUT2D eigenvalue weighted by molar-refractivity contribution is -0.124. The zero-order valence-electron chi connectivity index (χ0n) is 17.4. The van der Waals surface area contributed by atoms with E-state index in [-0.39, 0.29) is 41.5 Å². The molecule has 0 aromatic heterocycles. The van der Waals surface area contributed by atoms with E-state index < -0.39 is 0 Å². The lowest BCUT2D eigenvalue weighted by Gasteiger charge is -2.38. The fourth-order valence-corrected chi connectivity index (χ4v) is 5.09. The molecule has 2 fully saturated rings. The molecule has 1 saturated heterocycles. The average Bonchev–Trinajstić information content (AvgIpc) is 3.08. The van der Waals surface area contributed by atoms with Crippen molar-refractivity contribution < 1.29 is 14.4 Å². The van der Waals surface area contributed by atoms with E-state index in [9.17, 15) is 14.4 Å². The van der Waals surface area contributed by atoms with Crippen LogP contribution in [0.15, 0.2) is 60.7 Å². The lowest BCUT2D eigenvalue weighted by Crippen LogP contribution is -2.38. The lowest BCUT2D eigenvalue weighted by atomic mass is 9.63. The van der Waals surface area contributed by atoms with Crippen LogP contribution in [0.2, 0.25) is 0 Å². The van der Waals surface area contributed by atoms with Gasteiger partial charge in [-0.15, -0.1) is 0 Å². The topological polar surface area (TPSA) is 78.5 Å². The van der Waals surface area contributed by atoms with Gasteiger partial charge in [0.25, 0.3) is 0 Å². The predicted molar refractivity (Wildman–Crippen MR) is 118 cm³/mol. The summed E-state index contributed by atoms with van der Waals surface area (Å²) in [7, 11) is 0. The van der Waals surface area contributed by atoms with Gasteiger partial charge < -0.3 is 10.6 Å². The number of nitrogens with one attached hydrogen (secondary N) is 2. The molecule has 4 amide bonds. The third-order valence-electron chi connectivity index (χ3n) is 6.72. The number of hydrogen-bond donors (Lipinski definition) is 2. The summed E-state index contributed by atoms with van der Waals surface area (Å²) in [6, 6.07) is 14.6. The third-order valence-corrected chi connectivity index (χ3v) is 6.72. The highest BCUT2D eigenvalue weighted by Crippen LogP contribution is 2.50. The molecule has 6 nitrogen and oxygen atoms in total. The Kier molecular flexibility index (Phi) is 4.85. The molecular weight excluding hydrogens is 390 g/mol. The maximum absolute atomic E-state index is 13.0. The van der Waals surface area contributed by atoms with Crippen LogP contribution < -0.4 is 15.5 Å². The van der Waals surface area contributed by atoms with E-state index in [2.05, 4.69) is 22.8 Å². The first kappa shape index (κ1) is 19.5. The standard InChI is InChI=1S/C25H25N3O3/c1-15-2-10-19(11-3-15)27-25(31)26-14-16-4-12-20(13-5-16)28-23(29)21-17-6-7-18(9-8-17)22(21)24(28)30/h2-7,10-13,17-18,21-22H,8-9,14H2,1H3,(H2,26,27,31). The van der Waals surface area contributed by atoms with Crippen molar-refractivity contribution in [1.29, 1.82) is 0 Å². The zero-order valence-corrected chi connectivity index (χ0v) is 17.4. The van der Waals surface area contributed by atoms with E-state index in [0.29, 0.717) is 12.2 Å². The number of urea groups is 1. The van der Waals surface area contributed by atoms with Gasteiger partial charge in [0, 0.05) is 12.2 Å². The summed E-state index contributed by atoms with van der Waals surface area (Å²) >= 11 is 0. The number of rotatable bonds is 4. The van der Waals surface area contributed by atoms with Crippen LogP contribution in [-0.2, 0) is 16.1 Å². The minimum Gasteiger partial charge on any atom is -0.334 e. The number of carbonyl (C=O) groups is 3. The van der Waals surface area contributed by atoms with Crippen LogP contribution in [0.3, 0.4) is 0 Å². The number of anilines is 2. The summed E-state index contributed by atoms with van der Waals surface area (Å²) in [4.78, 5) is 39.6. The van der Waals surface area contributed by atoms with Crippen molar-refractivity contribution in [3.8, 4) is 0 Å². The molecule has 4 atom stereocenters. The summed E-state index contributed by atoms with van der Waals surface area (Å²) in [5, 5.41) is 5.62. The maximum atomic E-state index is 13.0. The third kappa shape index (κ3) is 3.52. The number of amides is 4. The Morgan fingerprint density at radius 3 is 2.03 bits per heavy atom. The van der Waals surface area contributed by atoms with E-state index >= 15 is 0 Å². The molecule has 2 bridgehead atoms. The Morgan fingerprint density at radius 1 is 0.903 bits per heavy atom. The van der Waals surface area contributed by atoms with Gasteiger partial charge in [0.05, 0.1) is 17.5 Å². The van der Waals surface area contributed by atoms with Crippen LogP contribution in [-0.4, -0.2) is 17.8 Å². The molecule has 2 aromatic carbocycles. The molecule has 1 saturated carbocycles. The highest BCUT2D eigenvalue weighted by molar-refractivity contribution is 6.22. The molecule has 3 aliphatic carbocycles. The molecule has 2 N–H and O–H groups in total. The van der Waals surface area contributed by atoms with Crippen molar-refractivity contribution >= 4 is 29.2 Å². The number of aryl methyl sites for hydroxylation is 1. The number of hydrogen-bond acceptors (Lipinski definition) is 3. The molecule has 1 aliphatic heterocycles. The van der Waals surface area contributed by atoms with Crippen molar-refractivity contribution in [3.05, 3.63) is 71.8 Å². The summed E-state index contributed by atoms with van der Waals surface area (Å²) in [5.74, 6) is -0.181. The zero-order chi connectivity index (χ0) is 21.5. The van der Waals surface area contributed by atoms with Gasteiger partial charge in [-0.25, -0.2) is 4.79 Å². The molecule has 2 aromatic rings. The second kappa shape index (κ2) is 7.69. The van der Waals surface area contributed by atoms with Gasteiger partial charge in [0.15, 0.2) is 0 Å². The maximum Gasteiger partial charge on any atom is 0.319 e. The molecule has 6 heteroatoms. The molecule has 0 spiro atoms. The van der Waals surface area contributed by atoms with Gasteiger partial charge in [-0.05, 0) is 61.4 Å². The number of imide groups is 1. The fraction of sp³-hybridized carbons (Fsp3) is 0.320. The number of benzene rings is 2. The van der Waals surface area contributed by atoms with Crippen molar-refractivity contribution in [2.75, 3.05) is 10.2 Å². The first-order chi connectivity index (χ1) is 15.0. The van der Waals surface area contributed by atoms with E-state index in [4.69, 9.17) is 0 Å². The number of allylic oxidation sites excluding steroid dienone is 2. The Bertz CT molecular complexity index is 1030. The highest BCUT2D eigenvalue weighted by Gasteiger charge is 2.56. The molecule has 1 heterocycles. The Labute approximate surface area is 181 Å². The van der Waals surface area contributed by atoms with Crippen LogP contribution in [0.5, 0.6) is 0 Å². The second-order valence-electron chi connectivity index (χ2n) is 8.69. The van der Waals surface area contributed by atoms with Gasteiger partial charge >= 0.3 is 6.03 Å². The summed E-state index contributed by atoms with van der Waals surface area (Å²) < 4.78 is 0. The fourth-order valence-electron chi connectivity index (χ4n) is 5.09. The van der Waals surface area contributed by atoms with Crippen LogP contribution in [0.4, 0.5) is 16.2 Å². The number of fused-ring (bicyclic) bond motifs is 1. The normalized spacial score (nSPS) is 26.2. The van der Waals surface area contributed by atoms with Crippen LogP contribution >= 0.6 is 0 Å². The van der Waals surface area contributed by atoms with Gasteiger partial charge in [-0.1, -0.05) is 42.0 Å². The first-order valence-electron chi connectivity index (χ1n) is 10.8. The van der Waals surface area contributed by atoms with E-state index in [1.165, 1.54) is 4.90 Å². The number of nitrogens with zero attached hydrogens (tertiary/aromatic N) is 1. The van der Waals surface area contributed by atoms with Crippen LogP contribution in [0.25, 0.3) is 0 Å². The van der Waals surface area contributed by atoms with Gasteiger partial charge in [-0.3, -0.25) is 14.5 Å². The minimum atomic E-state index is -0.287. The van der Waals surface area contributed by atoms with Crippen molar-refractivity contribution in [2.45, 2.75) is 26.3 Å². The molecule has 158 valence electrons. The quantitative estimate of drug-likeness (QED) is 0.585. The molecule has 0 radical (unpaired) electrons.